The number of benzene rings is 1. The third-order valence-electron chi connectivity index (χ3n) is 2.97. The van der Waals surface area contributed by atoms with Crippen LogP contribution >= 0.6 is 23.2 Å². The van der Waals surface area contributed by atoms with Crippen molar-refractivity contribution in [1.82, 2.24) is 9.97 Å². The average Bonchev–Trinajstić information content (AvgIpc) is 2.39. The Morgan fingerprint density at radius 3 is 2.41 bits per heavy atom. The second-order valence-electron chi connectivity index (χ2n) is 4.56. The molecule has 118 valence electrons. The lowest BCUT2D eigenvalue weighted by molar-refractivity contribution is -0.137. The highest BCUT2D eigenvalue weighted by Gasteiger charge is 2.31. The molecule has 2 aromatic rings. The number of alkyl halides is 3. The van der Waals surface area contributed by atoms with Crippen LogP contribution in [-0.2, 0) is 12.6 Å². The maximum Gasteiger partial charge on any atom is 0.416 e. The van der Waals surface area contributed by atoms with Gasteiger partial charge in [-0.2, -0.15) is 13.2 Å². The van der Waals surface area contributed by atoms with E-state index in [0.29, 0.717) is 34.5 Å². The molecule has 1 aromatic heterocycles. The number of aryl methyl sites for hydroxylation is 1. The predicted molar refractivity (Wildman–Crippen MR) is 80.9 cm³/mol. The van der Waals surface area contributed by atoms with Gasteiger partial charge in [0.1, 0.15) is 16.8 Å². The Morgan fingerprint density at radius 1 is 1.18 bits per heavy atom. The van der Waals surface area contributed by atoms with Gasteiger partial charge in [-0.3, -0.25) is 0 Å². The molecule has 0 fully saturated rings. The molecule has 2 rings (SSSR count). The summed E-state index contributed by atoms with van der Waals surface area (Å²) in [6.07, 6.45) is -3.87. The van der Waals surface area contributed by atoms with E-state index in [-0.39, 0.29) is 5.02 Å². The molecule has 0 spiro atoms. The van der Waals surface area contributed by atoms with Gasteiger partial charge < -0.3 is 5.32 Å². The molecule has 1 N–H and O–H groups in total. The summed E-state index contributed by atoms with van der Waals surface area (Å²) < 4.78 is 37.9. The van der Waals surface area contributed by atoms with Crippen LogP contribution in [0.1, 0.15) is 23.9 Å². The van der Waals surface area contributed by atoms with Crippen LogP contribution in [0.25, 0.3) is 0 Å². The van der Waals surface area contributed by atoms with Crippen LogP contribution in [0.15, 0.2) is 18.2 Å². The van der Waals surface area contributed by atoms with E-state index in [4.69, 9.17) is 23.2 Å². The van der Waals surface area contributed by atoms with E-state index in [1.165, 1.54) is 6.07 Å². The summed E-state index contributed by atoms with van der Waals surface area (Å²) in [6.45, 7) is 3.55. The number of nitrogens with zero attached hydrogens (tertiary/aromatic N) is 2. The molecule has 0 saturated carbocycles. The smallest absolute Gasteiger partial charge is 0.339 e. The zero-order valence-electron chi connectivity index (χ0n) is 11.7. The van der Waals surface area contributed by atoms with Gasteiger partial charge >= 0.3 is 6.18 Å². The molecule has 0 amide bonds. The number of halogens is 5. The Hall–Kier alpha value is -1.53. The van der Waals surface area contributed by atoms with Crippen molar-refractivity contribution in [2.45, 2.75) is 26.4 Å². The number of aromatic nitrogens is 2. The van der Waals surface area contributed by atoms with E-state index in [1.807, 2.05) is 6.92 Å². The van der Waals surface area contributed by atoms with Crippen LogP contribution < -0.4 is 5.32 Å². The van der Waals surface area contributed by atoms with Gasteiger partial charge in [0, 0.05) is 5.56 Å². The molecule has 22 heavy (non-hydrogen) atoms. The summed E-state index contributed by atoms with van der Waals surface area (Å²) in [5.41, 5.74) is 0.178. The fraction of sp³-hybridized carbons (Fsp3) is 0.286. The Morgan fingerprint density at radius 2 is 1.86 bits per heavy atom. The lowest BCUT2D eigenvalue weighted by atomic mass is 10.2. The largest absolute Gasteiger partial charge is 0.416 e. The second-order valence-corrected chi connectivity index (χ2v) is 5.32. The van der Waals surface area contributed by atoms with Crippen LogP contribution in [0, 0.1) is 6.92 Å². The van der Waals surface area contributed by atoms with E-state index < -0.39 is 11.7 Å². The zero-order valence-corrected chi connectivity index (χ0v) is 13.2. The molecule has 0 radical (unpaired) electrons. The normalized spacial score (nSPS) is 11.6. The molecule has 0 aliphatic carbocycles. The number of anilines is 2. The van der Waals surface area contributed by atoms with Crippen LogP contribution in [0.2, 0.25) is 10.2 Å². The standard InChI is InChI=1S/C14H12Cl2F3N3/c1-3-9-12(16)20-7(2)21-13(9)22-11-5-4-8(6-10(11)15)14(17,18)19/h4-6H,3H2,1-2H3,(H,20,21,22). The molecule has 8 heteroatoms. The summed E-state index contributed by atoms with van der Waals surface area (Å²) in [4.78, 5) is 8.27. The van der Waals surface area contributed by atoms with E-state index in [9.17, 15) is 13.2 Å². The van der Waals surface area contributed by atoms with Gasteiger partial charge in [0.05, 0.1) is 16.3 Å². The minimum atomic E-state index is -4.44. The van der Waals surface area contributed by atoms with Crippen LogP contribution in [-0.4, -0.2) is 9.97 Å². The van der Waals surface area contributed by atoms with Crippen molar-refractivity contribution in [1.29, 1.82) is 0 Å². The maximum absolute atomic E-state index is 12.6. The van der Waals surface area contributed by atoms with E-state index in [2.05, 4.69) is 15.3 Å². The zero-order chi connectivity index (χ0) is 16.5. The average molecular weight is 350 g/mol. The number of nitrogens with one attached hydrogen (secondary N) is 1. The van der Waals surface area contributed by atoms with Crippen LogP contribution in [0.5, 0.6) is 0 Å². The number of hydrogen-bond acceptors (Lipinski definition) is 3. The first kappa shape index (κ1) is 16.8. The van der Waals surface area contributed by atoms with Gasteiger partial charge in [0.25, 0.3) is 0 Å². The number of hydrogen-bond donors (Lipinski definition) is 1. The first-order chi connectivity index (χ1) is 10.2. The third kappa shape index (κ3) is 3.62. The van der Waals surface area contributed by atoms with Crippen molar-refractivity contribution in [2.24, 2.45) is 0 Å². The SMILES string of the molecule is CCc1c(Cl)nc(C)nc1Nc1ccc(C(F)(F)F)cc1Cl. The molecule has 1 aromatic carbocycles. The Labute approximate surface area is 135 Å². The van der Waals surface area contributed by atoms with Crippen LogP contribution in [0.3, 0.4) is 0 Å². The van der Waals surface area contributed by atoms with Gasteiger partial charge in [0.2, 0.25) is 0 Å². The van der Waals surface area contributed by atoms with Crippen molar-refractivity contribution >= 4 is 34.7 Å². The fourth-order valence-corrected chi connectivity index (χ4v) is 2.47. The third-order valence-corrected chi connectivity index (χ3v) is 3.60. The van der Waals surface area contributed by atoms with Crippen LogP contribution in [0.4, 0.5) is 24.7 Å². The van der Waals surface area contributed by atoms with Crippen molar-refractivity contribution in [3.05, 3.63) is 45.3 Å². The second kappa shape index (κ2) is 6.30. The summed E-state index contributed by atoms with van der Waals surface area (Å²) in [6, 6.07) is 3.08. The Balaban J connectivity index is 2.40. The fourth-order valence-electron chi connectivity index (χ4n) is 1.90. The molecule has 0 unspecified atom stereocenters. The highest BCUT2D eigenvalue weighted by Crippen LogP contribution is 2.35. The van der Waals surface area contributed by atoms with E-state index >= 15 is 0 Å². The molecular weight excluding hydrogens is 338 g/mol. The summed E-state index contributed by atoms with van der Waals surface area (Å²) in [5, 5.41) is 3.17. The van der Waals surface area contributed by atoms with Crippen molar-refractivity contribution in [3.8, 4) is 0 Å². The van der Waals surface area contributed by atoms with Gasteiger partial charge in [-0.05, 0) is 31.5 Å². The molecule has 3 nitrogen and oxygen atoms in total. The monoisotopic (exact) mass is 349 g/mol. The first-order valence-electron chi connectivity index (χ1n) is 6.39. The van der Waals surface area contributed by atoms with Crippen molar-refractivity contribution in [2.75, 3.05) is 5.32 Å². The summed E-state index contributed by atoms with van der Waals surface area (Å²) in [7, 11) is 0. The van der Waals surface area contributed by atoms with Crippen molar-refractivity contribution < 1.29 is 13.2 Å². The van der Waals surface area contributed by atoms with Gasteiger partial charge in [-0.15, -0.1) is 0 Å². The van der Waals surface area contributed by atoms with Gasteiger partial charge in [0.15, 0.2) is 0 Å². The molecule has 0 bridgehead atoms. The minimum absolute atomic E-state index is 0.0516. The lowest BCUT2D eigenvalue weighted by Crippen LogP contribution is -2.06. The maximum atomic E-state index is 12.6. The van der Waals surface area contributed by atoms with E-state index in [1.54, 1.807) is 6.92 Å². The highest BCUT2D eigenvalue weighted by atomic mass is 35.5. The van der Waals surface area contributed by atoms with Gasteiger partial charge in [-0.25, -0.2) is 9.97 Å². The van der Waals surface area contributed by atoms with Crippen molar-refractivity contribution in [3.63, 3.8) is 0 Å². The van der Waals surface area contributed by atoms with E-state index in [0.717, 1.165) is 12.1 Å². The lowest BCUT2D eigenvalue weighted by Gasteiger charge is -2.14. The summed E-state index contributed by atoms with van der Waals surface area (Å²) in [5.74, 6) is 0.884. The molecule has 0 saturated heterocycles. The quantitative estimate of drug-likeness (QED) is 0.752. The highest BCUT2D eigenvalue weighted by molar-refractivity contribution is 6.33. The number of rotatable bonds is 3. The molecule has 0 aliphatic heterocycles. The Kier molecular flexibility index (Phi) is 4.82. The topological polar surface area (TPSA) is 37.8 Å². The predicted octanol–water partition coefficient (Wildman–Crippen LogP) is 5.42. The minimum Gasteiger partial charge on any atom is -0.339 e. The molecule has 0 atom stereocenters. The Bertz CT molecular complexity index is 702. The first-order valence-corrected chi connectivity index (χ1v) is 7.14. The molecule has 0 aliphatic rings. The molecule has 1 heterocycles. The summed E-state index contributed by atoms with van der Waals surface area (Å²) >= 11 is 12.0. The van der Waals surface area contributed by atoms with Gasteiger partial charge in [-0.1, -0.05) is 30.1 Å². The molecular formula is C14H12Cl2F3N3.